The molecule has 0 radical (unpaired) electrons. The van der Waals surface area contributed by atoms with Crippen molar-refractivity contribution >= 4 is 17.3 Å². The number of alkyl halides is 3. The zero-order valence-corrected chi connectivity index (χ0v) is 14.1. The highest BCUT2D eigenvalue weighted by atomic mass is 19.4. The number of carbonyl (C=O) groups is 1. The van der Waals surface area contributed by atoms with Crippen LogP contribution in [0, 0.1) is 0 Å². The van der Waals surface area contributed by atoms with Crippen LogP contribution in [0.5, 0.6) is 0 Å². The van der Waals surface area contributed by atoms with Crippen LogP contribution in [-0.4, -0.2) is 29.4 Å². The fourth-order valence-electron chi connectivity index (χ4n) is 2.28. The fourth-order valence-corrected chi connectivity index (χ4v) is 2.28. The number of nitrogens with one attached hydrogen (secondary N) is 1. The zero-order valence-electron chi connectivity index (χ0n) is 14.1. The maximum Gasteiger partial charge on any atom is 0.416 e. The van der Waals surface area contributed by atoms with Crippen LogP contribution in [0.2, 0.25) is 0 Å². The number of halogens is 3. The molecule has 4 nitrogen and oxygen atoms in total. The Bertz CT molecular complexity index is 732. The molecule has 25 heavy (non-hydrogen) atoms. The predicted molar refractivity (Wildman–Crippen MR) is 90.8 cm³/mol. The molecule has 0 aliphatic carbocycles. The molecule has 1 aromatic carbocycles. The first-order chi connectivity index (χ1) is 11.8. The molecular weight excluding hydrogens is 331 g/mol. The van der Waals surface area contributed by atoms with Gasteiger partial charge >= 0.3 is 6.18 Å². The van der Waals surface area contributed by atoms with Crippen LogP contribution in [0.15, 0.2) is 42.7 Å². The Labute approximate surface area is 144 Å². The second-order valence-corrected chi connectivity index (χ2v) is 5.75. The number of pyridine rings is 1. The first kappa shape index (κ1) is 18.8. The molecule has 1 amide bonds. The lowest BCUT2D eigenvalue weighted by Gasteiger charge is -2.17. The van der Waals surface area contributed by atoms with E-state index in [-0.39, 0.29) is 11.6 Å². The minimum absolute atomic E-state index is 0.173. The molecule has 134 valence electrons. The van der Waals surface area contributed by atoms with E-state index in [1.165, 1.54) is 24.5 Å². The highest BCUT2D eigenvalue weighted by Gasteiger charge is 2.30. The lowest BCUT2D eigenvalue weighted by Crippen LogP contribution is -2.27. The van der Waals surface area contributed by atoms with E-state index in [2.05, 4.69) is 10.3 Å². The molecule has 2 rings (SSSR count). The van der Waals surface area contributed by atoms with E-state index < -0.39 is 11.7 Å². The van der Waals surface area contributed by atoms with Crippen molar-refractivity contribution < 1.29 is 18.0 Å². The van der Waals surface area contributed by atoms with Crippen molar-refractivity contribution in [3.8, 4) is 0 Å². The normalized spacial score (nSPS) is 11.2. The average Bonchev–Trinajstić information content (AvgIpc) is 2.58. The SMILES string of the molecule is CCCCN(C)C(=O)c1cncc(Nc2cccc(C(F)(F)F)c2)c1. The summed E-state index contributed by atoms with van der Waals surface area (Å²) in [5, 5.41) is 2.86. The number of anilines is 2. The highest BCUT2D eigenvalue weighted by molar-refractivity contribution is 5.94. The van der Waals surface area contributed by atoms with Crippen LogP contribution < -0.4 is 5.32 Å². The summed E-state index contributed by atoms with van der Waals surface area (Å²) in [6.07, 6.45) is 0.381. The van der Waals surface area contributed by atoms with Crippen molar-refractivity contribution in [1.82, 2.24) is 9.88 Å². The van der Waals surface area contributed by atoms with Gasteiger partial charge in [0, 0.05) is 25.5 Å². The maximum atomic E-state index is 12.8. The lowest BCUT2D eigenvalue weighted by atomic mass is 10.2. The van der Waals surface area contributed by atoms with E-state index in [9.17, 15) is 18.0 Å². The Morgan fingerprint density at radius 2 is 1.96 bits per heavy atom. The van der Waals surface area contributed by atoms with Crippen molar-refractivity contribution in [2.45, 2.75) is 25.9 Å². The number of amides is 1. The molecule has 0 saturated carbocycles. The molecule has 7 heteroatoms. The smallest absolute Gasteiger partial charge is 0.354 e. The Balaban J connectivity index is 2.15. The van der Waals surface area contributed by atoms with Crippen molar-refractivity contribution in [1.29, 1.82) is 0 Å². The molecule has 0 unspecified atom stereocenters. The minimum Gasteiger partial charge on any atom is -0.354 e. The van der Waals surface area contributed by atoms with Crippen LogP contribution in [0.1, 0.15) is 35.7 Å². The number of unbranched alkanes of at least 4 members (excludes halogenated alkanes) is 1. The van der Waals surface area contributed by atoms with Gasteiger partial charge in [0.1, 0.15) is 0 Å². The van der Waals surface area contributed by atoms with E-state index in [4.69, 9.17) is 0 Å². The summed E-state index contributed by atoms with van der Waals surface area (Å²) in [6.45, 7) is 2.68. The van der Waals surface area contributed by atoms with Gasteiger partial charge in [-0.1, -0.05) is 19.4 Å². The van der Waals surface area contributed by atoms with Gasteiger partial charge in [0.2, 0.25) is 0 Å². The summed E-state index contributed by atoms with van der Waals surface area (Å²) in [5.74, 6) is -0.173. The number of hydrogen-bond donors (Lipinski definition) is 1. The third-order valence-electron chi connectivity index (χ3n) is 3.66. The number of aromatic nitrogens is 1. The number of rotatable bonds is 6. The molecule has 1 N–H and O–H groups in total. The van der Waals surface area contributed by atoms with Crippen molar-refractivity contribution in [3.05, 3.63) is 53.9 Å². The van der Waals surface area contributed by atoms with Crippen LogP contribution in [0.25, 0.3) is 0 Å². The predicted octanol–water partition coefficient (Wildman–Crippen LogP) is 4.72. The maximum absolute atomic E-state index is 12.8. The molecule has 0 spiro atoms. The van der Waals surface area contributed by atoms with Crippen molar-refractivity contribution in [2.24, 2.45) is 0 Å². The van der Waals surface area contributed by atoms with Crippen LogP contribution >= 0.6 is 0 Å². The molecule has 0 aliphatic heterocycles. The Hall–Kier alpha value is -2.57. The first-order valence-electron chi connectivity index (χ1n) is 7.96. The second-order valence-electron chi connectivity index (χ2n) is 5.75. The van der Waals surface area contributed by atoms with Gasteiger partial charge < -0.3 is 10.2 Å². The third-order valence-corrected chi connectivity index (χ3v) is 3.66. The quantitative estimate of drug-likeness (QED) is 0.819. The van der Waals surface area contributed by atoms with Gasteiger partial charge in [-0.25, -0.2) is 0 Å². The summed E-state index contributed by atoms with van der Waals surface area (Å²) >= 11 is 0. The van der Waals surface area contributed by atoms with E-state index in [1.54, 1.807) is 18.0 Å². The number of hydrogen-bond acceptors (Lipinski definition) is 3. The zero-order chi connectivity index (χ0) is 18.4. The van der Waals surface area contributed by atoms with Crippen molar-refractivity contribution in [2.75, 3.05) is 18.9 Å². The van der Waals surface area contributed by atoms with E-state index >= 15 is 0 Å². The molecule has 2 aromatic rings. The molecule has 1 aromatic heterocycles. The monoisotopic (exact) mass is 351 g/mol. The van der Waals surface area contributed by atoms with Gasteiger partial charge in [0.15, 0.2) is 0 Å². The van der Waals surface area contributed by atoms with E-state index in [0.29, 0.717) is 17.8 Å². The number of carbonyl (C=O) groups excluding carboxylic acids is 1. The minimum atomic E-state index is -4.41. The van der Waals surface area contributed by atoms with Crippen molar-refractivity contribution in [3.63, 3.8) is 0 Å². The largest absolute Gasteiger partial charge is 0.416 e. The highest BCUT2D eigenvalue weighted by Crippen LogP contribution is 2.31. The van der Waals surface area contributed by atoms with Gasteiger partial charge in [-0.05, 0) is 30.7 Å². The molecule has 0 saturated heterocycles. The first-order valence-corrected chi connectivity index (χ1v) is 7.96. The van der Waals surface area contributed by atoms with Gasteiger partial charge in [0.25, 0.3) is 5.91 Å². The van der Waals surface area contributed by atoms with Crippen LogP contribution in [-0.2, 0) is 6.18 Å². The van der Waals surface area contributed by atoms with E-state index in [0.717, 1.165) is 25.0 Å². The molecule has 0 aliphatic rings. The van der Waals surface area contributed by atoms with Crippen LogP contribution in [0.3, 0.4) is 0 Å². The Kier molecular flexibility index (Phi) is 6.01. The van der Waals surface area contributed by atoms with Crippen LogP contribution in [0.4, 0.5) is 24.5 Å². The molecule has 0 bridgehead atoms. The molecular formula is C18H20F3N3O. The summed E-state index contributed by atoms with van der Waals surface area (Å²) in [6, 6.07) is 6.45. The fraction of sp³-hybridized carbons (Fsp3) is 0.333. The van der Waals surface area contributed by atoms with Gasteiger partial charge in [0.05, 0.1) is 23.0 Å². The number of nitrogens with zero attached hydrogens (tertiary/aromatic N) is 2. The molecule has 1 heterocycles. The lowest BCUT2D eigenvalue weighted by molar-refractivity contribution is -0.137. The standard InChI is InChI=1S/C18H20F3N3O/c1-3-4-8-24(2)17(25)13-9-16(12-22-11-13)23-15-7-5-6-14(10-15)18(19,20)21/h5-7,9-12,23H,3-4,8H2,1-2H3. The van der Waals surface area contributed by atoms with Gasteiger partial charge in [-0.15, -0.1) is 0 Å². The summed E-state index contributed by atoms with van der Waals surface area (Å²) in [7, 11) is 1.71. The second kappa shape index (κ2) is 8.00. The van der Waals surface area contributed by atoms with Gasteiger partial charge in [-0.3, -0.25) is 9.78 Å². The average molecular weight is 351 g/mol. The Morgan fingerprint density at radius 1 is 1.20 bits per heavy atom. The summed E-state index contributed by atoms with van der Waals surface area (Å²) < 4.78 is 38.3. The van der Waals surface area contributed by atoms with Gasteiger partial charge in [-0.2, -0.15) is 13.2 Å². The Morgan fingerprint density at radius 3 is 2.64 bits per heavy atom. The topological polar surface area (TPSA) is 45.2 Å². The molecule has 0 fully saturated rings. The molecule has 0 atom stereocenters. The van der Waals surface area contributed by atoms with E-state index in [1.807, 2.05) is 6.92 Å². The number of benzene rings is 1. The third kappa shape index (κ3) is 5.20. The summed E-state index contributed by atoms with van der Waals surface area (Å²) in [4.78, 5) is 18.0. The summed E-state index contributed by atoms with van der Waals surface area (Å²) in [5.41, 5.74) is 0.377.